The van der Waals surface area contributed by atoms with Gasteiger partial charge in [-0.05, 0) is 42.3 Å². The average molecular weight is 472 g/mol. The lowest BCUT2D eigenvalue weighted by Crippen LogP contribution is -2.50. The van der Waals surface area contributed by atoms with Crippen molar-refractivity contribution in [1.82, 2.24) is 9.21 Å². The topological polar surface area (TPSA) is 57.7 Å². The summed E-state index contributed by atoms with van der Waals surface area (Å²) in [5, 5.41) is 0.659. The van der Waals surface area contributed by atoms with Gasteiger partial charge in [0.25, 0.3) is 0 Å². The number of carbonyl (C=O) groups is 1. The van der Waals surface area contributed by atoms with Gasteiger partial charge >= 0.3 is 0 Å². The van der Waals surface area contributed by atoms with Crippen molar-refractivity contribution in [3.63, 3.8) is 0 Å². The maximum atomic E-state index is 12.7. The van der Waals surface area contributed by atoms with Crippen LogP contribution in [-0.2, 0) is 21.2 Å². The van der Waals surface area contributed by atoms with E-state index in [0.29, 0.717) is 44.0 Å². The van der Waals surface area contributed by atoms with Crippen molar-refractivity contribution < 1.29 is 13.2 Å². The molecule has 2 aromatic carbocycles. The molecule has 1 aliphatic heterocycles. The van der Waals surface area contributed by atoms with E-state index in [1.54, 1.807) is 35.2 Å². The molecule has 1 fully saturated rings. The van der Waals surface area contributed by atoms with Gasteiger partial charge in [0.1, 0.15) is 0 Å². The van der Waals surface area contributed by atoms with E-state index < -0.39 is 10.0 Å². The predicted octanol–water partition coefficient (Wildman–Crippen LogP) is 3.57. The molecule has 0 saturated carbocycles. The molecule has 0 radical (unpaired) electrons. The highest BCUT2D eigenvalue weighted by molar-refractivity contribution is 9.10. The number of piperazine rings is 1. The highest BCUT2D eigenvalue weighted by Crippen LogP contribution is 2.21. The number of hydrogen-bond acceptors (Lipinski definition) is 3. The molecule has 3 rings (SSSR count). The number of amides is 1. The number of rotatable bonds is 5. The van der Waals surface area contributed by atoms with Crippen molar-refractivity contribution in [2.45, 2.75) is 17.7 Å². The Morgan fingerprint density at radius 2 is 1.74 bits per heavy atom. The van der Waals surface area contributed by atoms with Crippen LogP contribution in [0.2, 0.25) is 5.02 Å². The van der Waals surface area contributed by atoms with E-state index in [4.69, 9.17) is 11.6 Å². The van der Waals surface area contributed by atoms with Crippen LogP contribution in [0.15, 0.2) is 57.9 Å². The molecule has 8 heteroatoms. The quantitative estimate of drug-likeness (QED) is 0.670. The van der Waals surface area contributed by atoms with Crippen molar-refractivity contribution in [2.75, 3.05) is 26.2 Å². The summed E-state index contributed by atoms with van der Waals surface area (Å²) in [5.41, 5.74) is 1.02. The summed E-state index contributed by atoms with van der Waals surface area (Å²) in [6.45, 7) is 1.42. The minimum absolute atomic E-state index is 0.0366. The molecule has 0 spiro atoms. The smallest absolute Gasteiger partial charge is 0.243 e. The van der Waals surface area contributed by atoms with Gasteiger partial charge in [0, 0.05) is 42.1 Å². The van der Waals surface area contributed by atoms with Gasteiger partial charge in [0.2, 0.25) is 15.9 Å². The van der Waals surface area contributed by atoms with Crippen LogP contribution in [0.5, 0.6) is 0 Å². The minimum Gasteiger partial charge on any atom is -0.340 e. The van der Waals surface area contributed by atoms with Crippen molar-refractivity contribution in [1.29, 1.82) is 0 Å². The molecule has 0 atom stereocenters. The SMILES string of the molecule is O=C(CCc1cccc(Cl)c1)N1CCN(S(=O)(=O)c2cccc(Br)c2)CC1. The average Bonchev–Trinajstić information content (AvgIpc) is 2.66. The summed E-state index contributed by atoms with van der Waals surface area (Å²) in [6.07, 6.45) is 1.01. The van der Waals surface area contributed by atoms with Crippen LogP contribution in [0, 0.1) is 0 Å². The molecule has 1 aliphatic rings. The Balaban J connectivity index is 1.56. The summed E-state index contributed by atoms with van der Waals surface area (Å²) < 4.78 is 27.7. The zero-order valence-electron chi connectivity index (χ0n) is 14.6. The van der Waals surface area contributed by atoms with Crippen LogP contribution >= 0.6 is 27.5 Å². The fraction of sp³-hybridized carbons (Fsp3) is 0.316. The summed E-state index contributed by atoms with van der Waals surface area (Å²) in [6, 6.07) is 14.1. The lowest BCUT2D eigenvalue weighted by atomic mass is 10.1. The Kier molecular flexibility index (Phi) is 6.57. The van der Waals surface area contributed by atoms with Crippen LogP contribution < -0.4 is 0 Å². The molecule has 1 saturated heterocycles. The Morgan fingerprint density at radius 3 is 2.41 bits per heavy atom. The first-order valence-corrected chi connectivity index (χ1v) is 11.3. The summed E-state index contributed by atoms with van der Waals surface area (Å²) in [4.78, 5) is 14.4. The highest BCUT2D eigenvalue weighted by Gasteiger charge is 2.30. The predicted molar refractivity (Wildman–Crippen MR) is 109 cm³/mol. The van der Waals surface area contributed by atoms with Gasteiger partial charge < -0.3 is 4.90 Å². The second-order valence-corrected chi connectivity index (χ2v) is 9.66. The molecule has 0 aliphatic carbocycles. The van der Waals surface area contributed by atoms with Gasteiger partial charge in [0.15, 0.2) is 0 Å². The van der Waals surface area contributed by atoms with E-state index in [1.807, 2.05) is 18.2 Å². The molecule has 0 unspecified atom stereocenters. The summed E-state index contributed by atoms with van der Waals surface area (Å²) in [5.74, 6) is 0.0366. The number of aryl methyl sites for hydroxylation is 1. The summed E-state index contributed by atoms with van der Waals surface area (Å²) in [7, 11) is -3.54. The van der Waals surface area contributed by atoms with Crippen LogP contribution in [0.1, 0.15) is 12.0 Å². The van der Waals surface area contributed by atoms with Gasteiger partial charge in [-0.25, -0.2) is 8.42 Å². The number of nitrogens with zero attached hydrogens (tertiary/aromatic N) is 2. The fourth-order valence-electron chi connectivity index (χ4n) is 3.06. The third-order valence-corrected chi connectivity index (χ3v) is 7.16. The largest absolute Gasteiger partial charge is 0.340 e. The minimum atomic E-state index is -3.54. The molecule has 5 nitrogen and oxygen atoms in total. The van der Waals surface area contributed by atoms with Gasteiger partial charge in [-0.1, -0.05) is 45.7 Å². The number of hydrogen-bond donors (Lipinski definition) is 0. The van der Waals surface area contributed by atoms with Crippen LogP contribution in [-0.4, -0.2) is 49.7 Å². The standard InChI is InChI=1S/C19H20BrClN2O3S/c20-16-4-2-6-18(14-16)27(25,26)23-11-9-22(10-12-23)19(24)8-7-15-3-1-5-17(21)13-15/h1-6,13-14H,7-12H2. The zero-order valence-corrected chi connectivity index (χ0v) is 17.8. The van der Waals surface area contributed by atoms with E-state index in [1.165, 1.54) is 4.31 Å². The molecule has 2 aromatic rings. The Hall–Kier alpha value is -1.41. The number of benzene rings is 2. The molecular formula is C19H20BrClN2O3S. The number of carbonyl (C=O) groups excluding carboxylic acids is 1. The monoisotopic (exact) mass is 470 g/mol. The molecule has 27 heavy (non-hydrogen) atoms. The van der Waals surface area contributed by atoms with Gasteiger partial charge in [-0.2, -0.15) is 4.31 Å². The molecule has 0 bridgehead atoms. The van der Waals surface area contributed by atoms with Gasteiger partial charge in [-0.15, -0.1) is 0 Å². The first kappa shape index (κ1) is 20.3. The Bertz CT molecular complexity index is 928. The van der Waals surface area contributed by atoms with Gasteiger partial charge in [-0.3, -0.25) is 4.79 Å². The van der Waals surface area contributed by atoms with E-state index in [0.717, 1.165) is 10.0 Å². The normalized spacial score (nSPS) is 15.7. The van der Waals surface area contributed by atoms with Crippen molar-refractivity contribution in [2.24, 2.45) is 0 Å². The third kappa shape index (κ3) is 5.10. The lowest BCUT2D eigenvalue weighted by Gasteiger charge is -2.34. The van der Waals surface area contributed by atoms with Crippen molar-refractivity contribution in [3.05, 3.63) is 63.6 Å². The van der Waals surface area contributed by atoms with E-state index in [9.17, 15) is 13.2 Å². The third-order valence-electron chi connectivity index (χ3n) is 4.54. The molecule has 0 aromatic heterocycles. The number of sulfonamides is 1. The Labute approximate surface area is 173 Å². The maximum Gasteiger partial charge on any atom is 0.243 e. The summed E-state index contributed by atoms with van der Waals surface area (Å²) >= 11 is 9.27. The molecule has 1 heterocycles. The Morgan fingerprint density at radius 1 is 1.04 bits per heavy atom. The fourth-order valence-corrected chi connectivity index (χ4v) is 5.29. The molecule has 0 N–H and O–H groups in total. The van der Waals surface area contributed by atoms with Crippen molar-refractivity contribution >= 4 is 43.5 Å². The van der Waals surface area contributed by atoms with Crippen LogP contribution in [0.4, 0.5) is 0 Å². The van der Waals surface area contributed by atoms with Crippen LogP contribution in [0.25, 0.3) is 0 Å². The van der Waals surface area contributed by atoms with Crippen molar-refractivity contribution in [3.8, 4) is 0 Å². The second-order valence-electron chi connectivity index (χ2n) is 6.37. The first-order valence-electron chi connectivity index (χ1n) is 8.64. The van der Waals surface area contributed by atoms with Crippen LogP contribution in [0.3, 0.4) is 0 Å². The van der Waals surface area contributed by atoms with Gasteiger partial charge in [0.05, 0.1) is 4.90 Å². The number of halogens is 2. The second kappa shape index (κ2) is 8.73. The molecule has 1 amide bonds. The van der Waals surface area contributed by atoms with E-state index in [-0.39, 0.29) is 10.8 Å². The van der Waals surface area contributed by atoms with E-state index in [2.05, 4.69) is 15.9 Å². The van der Waals surface area contributed by atoms with E-state index >= 15 is 0 Å². The molecular weight excluding hydrogens is 452 g/mol. The first-order chi connectivity index (χ1) is 12.9. The highest BCUT2D eigenvalue weighted by atomic mass is 79.9. The lowest BCUT2D eigenvalue weighted by molar-refractivity contribution is -0.132. The zero-order chi connectivity index (χ0) is 19.4. The maximum absolute atomic E-state index is 12.7. The molecule has 144 valence electrons.